The molecule has 0 saturated heterocycles. The van der Waals surface area contributed by atoms with Crippen molar-refractivity contribution in [3.05, 3.63) is 78.6 Å². The minimum atomic E-state index is -3.75. The average Bonchev–Trinajstić information content (AvgIpc) is 3.22. The molecule has 4 rings (SSSR count). The Morgan fingerprint density at radius 3 is 2.46 bits per heavy atom. The van der Waals surface area contributed by atoms with E-state index in [4.69, 9.17) is 9.72 Å². The third-order valence-corrected chi connectivity index (χ3v) is 7.34. The number of hydrogen-bond donors (Lipinski definition) is 1. The van der Waals surface area contributed by atoms with E-state index in [1.807, 2.05) is 54.6 Å². The maximum absolute atomic E-state index is 12.8. The molecule has 9 heteroatoms. The van der Waals surface area contributed by atoms with Crippen LogP contribution >= 0.6 is 0 Å². The number of rotatable bonds is 9. The summed E-state index contributed by atoms with van der Waals surface area (Å²) >= 11 is 0. The van der Waals surface area contributed by atoms with Crippen molar-refractivity contribution in [1.82, 2.24) is 13.9 Å². The van der Waals surface area contributed by atoms with Gasteiger partial charge in [0.2, 0.25) is 15.9 Å². The van der Waals surface area contributed by atoms with Crippen molar-refractivity contribution in [2.45, 2.75) is 24.7 Å². The first-order valence-electron chi connectivity index (χ1n) is 11.3. The zero-order valence-electron chi connectivity index (χ0n) is 19.9. The van der Waals surface area contributed by atoms with Crippen LogP contribution in [-0.4, -0.2) is 48.9 Å². The summed E-state index contributed by atoms with van der Waals surface area (Å²) < 4.78 is 34.2. The fourth-order valence-electron chi connectivity index (χ4n) is 3.82. The molecule has 35 heavy (non-hydrogen) atoms. The largest absolute Gasteiger partial charge is 0.492 e. The Morgan fingerprint density at radius 1 is 1.03 bits per heavy atom. The Morgan fingerprint density at radius 2 is 1.74 bits per heavy atom. The number of para-hydroxylation sites is 3. The number of carbonyl (C=O) groups is 1. The van der Waals surface area contributed by atoms with Crippen molar-refractivity contribution in [3.8, 4) is 11.4 Å². The minimum absolute atomic E-state index is 0.00743. The van der Waals surface area contributed by atoms with Crippen LogP contribution in [0.2, 0.25) is 0 Å². The molecule has 0 spiro atoms. The summed E-state index contributed by atoms with van der Waals surface area (Å²) in [6.45, 7) is 2.11. The van der Waals surface area contributed by atoms with Crippen LogP contribution < -0.4 is 10.1 Å². The molecular weight excluding hydrogens is 464 g/mol. The molecule has 0 saturated carbocycles. The van der Waals surface area contributed by atoms with Gasteiger partial charge in [-0.3, -0.25) is 9.36 Å². The number of imidazole rings is 1. The summed E-state index contributed by atoms with van der Waals surface area (Å²) in [6.07, 6.45) is 0.592. The maximum Gasteiger partial charge on any atom is 0.246 e. The smallest absolute Gasteiger partial charge is 0.246 e. The second-order valence-corrected chi connectivity index (χ2v) is 10.2. The van der Waals surface area contributed by atoms with Crippen LogP contribution in [0.1, 0.15) is 19.2 Å². The number of amides is 1. The summed E-state index contributed by atoms with van der Waals surface area (Å²) in [4.78, 5) is 17.6. The van der Waals surface area contributed by atoms with E-state index in [1.54, 1.807) is 19.1 Å². The molecule has 1 heterocycles. The van der Waals surface area contributed by atoms with Crippen LogP contribution in [0.15, 0.2) is 77.7 Å². The quantitative estimate of drug-likeness (QED) is 0.377. The zero-order chi connectivity index (χ0) is 25.0. The third-order valence-electron chi connectivity index (χ3n) is 5.51. The minimum Gasteiger partial charge on any atom is -0.492 e. The number of nitrogens with one attached hydrogen (secondary N) is 1. The van der Waals surface area contributed by atoms with Gasteiger partial charge in [-0.1, -0.05) is 30.3 Å². The number of fused-ring (bicyclic) bond motifs is 1. The highest BCUT2D eigenvalue weighted by Gasteiger charge is 2.23. The fourth-order valence-corrected chi connectivity index (χ4v) is 4.87. The van der Waals surface area contributed by atoms with Crippen LogP contribution in [0.3, 0.4) is 0 Å². The lowest BCUT2D eigenvalue weighted by Crippen LogP contribution is -2.23. The van der Waals surface area contributed by atoms with Gasteiger partial charge in [-0.15, -0.1) is 0 Å². The first kappa shape index (κ1) is 24.4. The Hall–Kier alpha value is -3.69. The van der Waals surface area contributed by atoms with Crippen LogP contribution in [0, 0.1) is 0 Å². The van der Waals surface area contributed by atoms with Gasteiger partial charge in [0.05, 0.1) is 17.6 Å². The summed E-state index contributed by atoms with van der Waals surface area (Å²) in [5.41, 5.74) is 3.19. The number of hydrogen-bond acceptors (Lipinski definition) is 5. The number of aryl methyl sites for hydroxylation is 1. The Kier molecular flexibility index (Phi) is 7.18. The molecule has 0 radical (unpaired) electrons. The lowest BCUT2D eigenvalue weighted by atomic mass is 10.2. The molecule has 0 unspecified atom stereocenters. The first-order valence-corrected chi connectivity index (χ1v) is 12.8. The van der Waals surface area contributed by atoms with E-state index in [2.05, 4.69) is 9.88 Å². The second-order valence-electron chi connectivity index (χ2n) is 8.12. The van der Waals surface area contributed by atoms with Gasteiger partial charge in [0.25, 0.3) is 0 Å². The molecule has 0 aliphatic heterocycles. The summed E-state index contributed by atoms with van der Waals surface area (Å²) in [6, 6.07) is 22.4. The second kappa shape index (κ2) is 10.3. The molecule has 182 valence electrons. The molecule has 3 aromatic carbocycles. The van der Waals surface area contributed by atoms with Crippen molar-refractivity contribution in [2.24, 2.45) is 0 Å². The molecular formula is C26H28N4O4S. The van der Waals surface area contributed by atoms with Crippen molar-refractivity contribution < 1.29 is 17.9 Å². The van der Waals surface area contributed by atoms with Crippen molar-refractivity contribution in [3.63, 3.8) is 0 Å². The van der Waals surface area contributed by atoms with E-state index < -0.39 is 10.0 Å². The molecule has 0 aliphatic carbocycles. The van der Waals surface area contributed by atoms with E-state index in [-0.39, 0.29) is 23.0 Å². The molecule has 0 aliphatic rings. The van der Waals surface area contributed by atoms with Crippen molar-refractivity contribution in [1.29, 1.82) is 0 Å². The number of carbonyl (C=O) groups excluding carboxylic acids is 1. The number of sulfonamides is 1. The highest BCUT2D eigenvalue weighted by Crippen LogP contribution is 2.29. The Balaban J connectivity index is 1.56. The van der Waals surface area contributed by atoms with Crippen LogP contribution in [0.4, 0.5) is 5.69 Å². The number of nitrogens with zero attached hydrogens (tertiary/aromatic N) is 3. The molecule has 1 amide bonds. The molecule has 4 aromatic rings. The SMILES string of the molecule is CCOc1ccc(NC(=O)CCc2nc3ccccc3n2-c2ccccc2)cc1S(=O)(=O)N(C)C. The van der Waals surface area contributed by atoms with E-state index in [0.29, 0.717) is 18.7 Å². The number of anilines is 1. The molecule has 0 fully saturated rings. The van der Waals surface area contributed by atoms with E-state index >= 15 is 0 Å². The Bertz CT molecular complexity index is 1450. The molecule has 1 aromatic heterocycles. The van der Waals surface area contributed by atoms with E-state index in [1.165, 1.54) is 20.2 Å². The third kappa shape index (κ3) is 5.21. The topological polar surface area (TPSA) is 93.5 Å². The first-order chi connectivity index (χ1) is 16.8. The standard InChI is InChI=1S/C26H28N4O4S/c1-4-34-23-15-14-19(18-24(23)35(32,33)29(2)3)27-26(31)17-16-25-28-21-12-8-9-13-22(21)30(25)20-10-6-5-7-11-20/h5-15,18H,4,16-17H2,1-3H3,(H,27,31). The number of benzene rings is 3. The summed E-state index contributed by atoms with van der Waals surface area (Å²) in [7, 11) is -0.844. The van der Waals surface area contributed by atoms with Crippen molar-refractivity contribution >= 4 is 32.7 Å². The summed E-state index contributed by atoms with van der Waals surface area (Å²) in [5, 5.41) is 2.81. The van der Waals surface area contributed by atoms with Crippen LogP contribution in [-0.2, 0) is 21.2 Å². The van der Waals surface area contributed by atoms with E-state index in [0.717, 1.165) is 26.9 Å². The maximum atomic E-state index is 12.8. The van der Waals surface area contributed by atoms with Gasteiger partial charge in [0, 0.05) is 38.3 Å². The number of aromatic nitrogens is 2. The van der Waals surface area contributed by atoms with Crippen LogP contribution in [0.5, 0.6) is 5.75 Å². The monoisotopic (exact) mass is 492 g/mol. The average molecular weight is 493 g/mol. The predicted octanol–water partition coefficient (Wildman–Crippen LogP) is 4.25. The van der Waals surface area contributed by atoms with Crippen molar-refractivity contribution in [2.75, 3.05) is 26.0 Å². The van der Waals surface area contributed by atoms with Gasteiger partial charge in [-0.2, -0.15) is 0 Å². The molecule has 8 nitrogen and oxygen atoms in total. The normalized spacial score (nSPS) is 11.7. The zero-order valence-corrected chi connectivity index (χ0v) is 20.7. The van der Waals surface area contributed by atoms with Gasteiger partial charge in [0.1, 0.15) is 16.5 Å². The summed E-state index contributed by atoms with van der Waals surface area (Å²) in [5.74, 6) is 0.778. The number of ether oxygens (including phenoxy) is 1. The fraction of sp³-hybridized carbons (Fsp3) is 0.231. The van der Waals surface area contributed by atoms with Gasteiger partial charge in [0.15, 0.2) is 0 Å². The van der Waals surface area contributed by atoms with Gasteiger partial charge in [-0.25, -0.2) is 17.7 Å². The van der Waals surface area contributed by atoms with Gasteiger partial charge >= 0.3 is 0 Å². The highest BCUT2D eigenvalue weighted by atomic mass is 32.2. The van der Waals surface area contributed by atoms with E-state index in [9.17, 15) is 13.2 Å². The highest BCUT2D eigenvalue weighted by molar-refractivity contribution is 7.89. The molecule has 1 N–H and O–H groups in total. The van der Waals surface area contributed by atoms with Gasteiger partial charge in [-0.05, 0) is 49.4 Å². The predicted molar refractivity (Wildman–Crippen MR) is 137 cm³/mol. The lowest BCUT2D eigenvalue weighted by Gasteiger charge is -2.16. The molecule has 0 atom stereocenters. The Labute approximate surface area is 205 Å². The molecule has 0 bridgehead atoms. The lowest BCUT2D eigenvalue weighted by molar-refractivity contribution is -0.116. The van der Waals surface area contributed by atoms with Gasteiger partial charge < -0.3 is 10.1 Å². The van der Waals surface area contributed by atoms with Crippen LogP contribution in [0.25, 0.3) is 16.7 Å².